The Hall–Kier alpha value is -3.05. The molecule has 0 saturated carbocycles. The number of aromatic nitrogens is 2. The Balaban J connectivity index is 1.41. The zero-order valence-corrected chi connectivity index (χ0v) is 18.3. The van der Waals surface area contributed by atoms with Crippen molar-refractivity contribution in [2.24, 2.45) is 13.0 Å². The Labute approximate surface area is 183 Å². The molecule has 8 heteroatoms. The number of nitrogens with zero attached hydrogens (tertiary/aromatic N) is 5. The van der Waals surface area contributed by atoms with Crippen LogP contribution in [-0.4, -0.2) is 59.9 Å². The highest BCUT2D eigenvalue weighted by molar-refractivity contribution is 5.67. The first-order chi connectivity index (χ1) is 15.1. The van der Waals surface area contributed by atoms with Gasteiger partial charge in [0.2, 0.25) is 0 Å². The van der Waals surface area contributed by atoms with Gasteiger partial charge in [0, 0.05) is 44.6 Å². The lowest BCUT2D eigenvalue weighted by Gasteiger charge is -2.38. The van der Waals surface area contributed by atoms with Crippen LogP contribution in [-0.2, 0) is 24.8 Å². The highest BCUT2D eigenvalue weighted by Gasteiger charge is 2.27. The van der Waals surface area contributed by atoms with Crippen LogP contribution in [0.25, 0.3) is 0 Å². The lowest BCUT2D eigenvalue weighted by Crippen LogP contribution is -2.48. The number of rotatable bonds is 5. The van der Waals surface area contributed by atoms with Gasteiger partial charge in [-0.15, -0.1) is 0 Å². The number of fused-ring (bicyclic) bond motifs is 1. The number of anilines is 1. The minimum absolute atomic E-state index is 0.227. The molecule has 2 aromatic rings. The molecule has 4 rings (SSSR count). The monoisotopic (exact) mass is 422 g/mol. The fraction of sp³-hybridized carbons (Fsp3) is 0.522. The predicted octanol–water partition coefficient (Wildman–Crippen LogP) is 2.29. The van der Waals surface area contributed by atoms with Crippen molar-refractivity contribution in [2.45, 2.75) is 31.8 Å². The van der Waals surface area contributed by atoms with Crippen LogP contribution < -0.4 is 10.2 Å². The standard InChI is InChI=1S/C23H30N6O2/c1-27-16-25-13-21(27)15-29-14-20(10-19-9-18(11-24)3-4-22(19)29)26-12-17-5-7-28(8-6-17)23(30)31-2/h3-4,9,13,16-17,20,26H,5-8,10,12,14-15H2,1-2H3. The number of imidazole rings is 1. The van der Waals surface area contributed by atoms with E-state index < -0.39 is 0 Å². The summed E-state index contributed by atoms with van der Waals surface area (Å²) < 4.78 is 6.88. The molecule has 8 nitrogen and oxygen atoms in total. The van der Waals surface area contributed by atoms with Crippen molar-refractivity contribution < 1.29 is 9.53 Å². The Kier molecular flexibility index (Phi) is 6.42. The molecule has 1 amide bonds. The van der Waals surface area contributed by atoms with E-state index in [-0.39, 0.29) is 6.09 Å². The average molecular weight is 423 g/mol. The molecular weight excluding hydrogens is 392 g/mol. The average Bonchev–Trinajstić information content (AvgIpc) is 3.21. The van der Waals surface area contributed by atoms with Crippen molar-refractivity contribution in [2.75, 3.05) is 38.2 Å². The Morgan fingerprint density at radius 2 is 2.16 bits per heavy atom. The zero-order valence-electron chi connectivity index (χ0n) is 18.3. The molecular formula is C23H30N6O2. The van der Waals surface area contributed by atoms with Gasteiger partial charge >= 0.3 is 6.09 Å². The van der Waals surface area contributed by atoms with E-state index in [0.717, 1.165) is 57.7 Å². The molecule has 0 aliphatic carbocycles. The minimum atomic E-state index is -0.227. The van der Waals surface area contributed by atoms with Crippen molar-refractivity contribution in [3.05, 3.63) is 47.5 Å². The van der Waals surface area contributed by atoms with Crippen LogP contribution in [0.5, 0.6) is 0 Å². The largest absolute Gasteiger partial charge is 0.453 e. The molecule has 1 atom stereocenters. The SMILES string of the molecule is COC(=O)N1CCC(CNC2Cc3cc(C#N)ccc3N(Cc3cncn3C)C2)CC1. The lowest BCUT2D eigenvalue weighted by atomic mass is 9.93. The van der Waals surface area contributed by atoms with Crippen LogP contribution in [0.2, 0.25) is 0 Å². The van der Waals surface area contributed by atoms with Crippen LogP contribution in [0.1, 0.15) is 29.7 Å². The third-order valence-corrected chi connectivity index (χ3v) is 6.47. The second kappa shape index (κ2) is 9.40. The molecule has 1 aromatic heterocycles. The molecule has 0 spiro atoms. The fourth-order valence-corrected chi connectivity index (χ4v) is 4.62. The molecule has 1 saturated heterocycles. The van der Waals surface area contributed by atoms with E-state index in [0.29, 0.717) is 17.5 Å². The van der Waals surface area contributed by atoms with Gasteiger partial charge in [0.05, 0.1) is 37.3 Å². The quantitative estimate of drug-likeness (QED) is 0.796. The number of hydrogen-bond acceptors (Lipinski definition) is 6. The molecule has 0 bridgehead atoms. The number of nitrogens with one attached hydrogen (secondary N) is 1. The highest BCUT2D eigenvalue weighted by atomic mass is 16.5. The Morgan fingerprint density at radius 1 is 1.35 bits per heavy atom. The van der Waals surface area contributed by atoms with Crippen LogP contribution in [0.15, 0.2) is 30.7 Å². The Bertz CT molecular complexity index is 957. The molecule has 3 heterocycles. The van der Waals surface area contributed by atoms with Gasteiger partial charge in [0.25, 0.3) is 0 Å². The molecule has 2 aliphatic heterocycles. The number of nitriles is 1. The number of hydrogen-bond donors (Lipinski definition) is 1. The van der Waals surface area contributed by atoms with Gasteiger partial charge in [-0.25, -0.2) is 9.78 Å². The summed E-state index contributed by atoms with van der Waals surface area (Å²) in [6.45, 7) is 4.14. The van der Waals surface area contributed by atoms with Crippen LogP contribution in [0.3, 0.4) is 0 Å². The summed E-state index contributed by atoms with van der Waals surface area (Å²) in [5.41, 5.74) is 4.27. The van der Waals surface area contributed by atoms with Crippen LogP contribution in [0.4, 0.5) is 10.5 Å². The smallest absolute Gasteiger partial charge is 0.409 e. The maximum Gasteiger partial charge on any atom is 0.409 e. The number of amides is 1. The van der Waals surface area contributed by atoms with Gasteiger partial charge in [-0.2, -0.15) is 5.26 Å². The molecule has 1 fully saturated rings. The molecule has 2 aliphatic rings. The predicted molar refractivity (Wildman–Crippen MR) is 118 cm³/mol. The van der Waals surface area contributed by atoms with Crippen molar-refractivity contribution >= 4 is 11.8 Å². The van der Waals surface area contributed by atoms with Gasteiger partial charge in [-0.3, -0.25) is 0 Å². The first kappa shape index (κ1) is 21.2. The second-order valence-electron chi connectivity index (χ2n) is 8.54. The summed E-state index contributed by atoms with van der Waals surface area (Å²) in [4.78, 5) is 20.1. The molecule has 1 unspecified atom stereocenters. The number of piperidine rings is 1. The Morgan fingerprint density at radius 3 is 2.84 bits per heavy atom. The molecule has 31 heavy (non-hydrogen) atoms. The van der Waals surface area contributed by atoms with Crippen molar-refractivity contribution in [1.82, 2.24) is 19.8 Å². The van der Waals surface area contributed by atoms with Gasteiger partial charge in [-0.1, -0.05) is 0 Å². The summed E-state index contributed by atoms with van der Waals surface area (Å²) in [6, 6.07) is 8.58. The van der Waals surface area contributed by atoms with Gasteiger partial charge in [0.1, 0.15) is 0 Å². The van der Waals surface area contributed by atoms with E-state index in [1.165, 1.54) is 18.4 Å². The van der Waals surface area contributed by atoms with E-state index in [1.54, 1.807) is 4.90 Å². The third kappa shape index (κ3) is 4.83. The zero-order chi connectivity index (χ0) is 21.8. The number of carbonyl (C=O) groups is 1. The number of methoxy groups -OCH3 is 1. The maximum absolute atomic E-state index is 11.7. The van der Waals surface area contributed by atoms with Crippen molar-refractivity contribution in [3.8, 4) is 6.07 Å². The third-order valence-electron chi connectivity index (χ3n) is 6.47. The second-order valence-corrected chi connectivity index (χ2v) is 8.54. The lowest BCUT2D eigenvalue weighted by molar-refractivity contribution is 0.105. The first-order valence-electron chi connectivity index (χ1n) is 10.9. The number of carbonyl (C=O) groups excluding carboxylic acids is 1. The summed E-state index contributed by atoms with van der Waals surface area (Å²) in [5.74, 6) is 0.554. The van der Waals surface area contributed by atoms with E-state index in [4.69, 9.17) is 4.74 Å². The minimum Gasteiger partial charge on any atom is -0.453 e. The molecule has 1 N–H and O–H groups in total. The fourth-order valence-electron chi connectivity index (χ4n) is 4.62. The molecule has 1 aromatic carbocycles. The van der Waals surface area contributed by atoms with Crippen molar-refractivity contribution in [1.29, 1.82) is 5.26 Å². The summed E-state index contributed by atoms with van der Waals surface area (Å²) in [6.07, 6.45) is 6.40. The summed E-state index contributed by atoms with van der Waals surface area (Å²) in [5, 5.41) is 13.1. The summed E-state index contributed by atoms with van der Waals surface area (Å²) >= 11 is 0. The number of benzene rings is 1. The molecule has 0 radical (unpaired) electrons. The normalized spacial score (nSPS) is 19.1. The topological polar surface area (TPSA) is 86.4 Å². The first-order valence-corrected chi connectivity index (χ1v) is 10.9. The highest BCUT2D eigenvalue weighted by Crippen LogP contribution is 2.30. The van der Waals surface area contributed by atoms with E-state index in [1.807, 2.05) is 31.7 Å². The van der Waals surface area contributed by atoms with E-state index >= 15 is 0 Å². The van der Waals surface area contributed by atoms with Gasteiger partial charge < -0.3 is 24.4 Å². The number of aryl methyl sites for hydroxylation is 1. The number of likely N-dealkylation sites (tertiary alicyclic amines) is 1. The van der Waals surface area contributed by atoms with Crippen LogP contribution in [0, 0.1) is 17.2 Å². The van der Waals surface area contributed by atoms with Gasteiger partial charge in [0.15, 0.2) is 0 Å². The van der Waals surface area contributed by atoms with E-state index in [9.17, 15) is 10.1 Å². The van der Waals surface area contributed by atoms with E-state index in [2.05, 4.69) is 31.9 Å². The maximum atomic E-state index is 11.7. The number of ether oxygens (including phenoxy) is 1. The molecule has 164 valence electrons. The summed E-state index contributed by atoms with van der Waals surface area (Å²) in [7, 11) is 3.45. The van der Waals surface area contributed by atoms with Crippen LogP contribution >= 0.6 is 0 Å². The van der Waals surface area contributed by atoms with Gasteiger partial charge in [-0.05, 0) is 55.5 Å². The van der Waals surface area contributed by atoms with Crippen molar-refractivity contribution in [3.63, 3.8) is 0 Å².